The van der Waals surface area contributed by atoms with Crippen LogP contribution in [0, 0.1) is 5.82 Å². The predicted molar refractivity (Wildman–Crippen MR) is 114 cm³/mol. The Kier molecular flexibility index (Phi) is 5.30. The molecular formula is C21H17FN4O4S. The van der Waals surface area contributed by atoms with Crippen LogP contribution in [0.3, 0.4) is 0 Å². The fourth-order valence-corrected chi connectivity index (χ4v) is 4.17. The number of hydrogen-bond acceptors (Lipinski definition) is 4. The number of sulfonamides is 1. The molecule has 1 heterocycles. The molecule has 4 rings (SSSR count). The number of nitrogens with one attached hydrogen (secondary N) is 4. The number of imidazole rings is 1. The van der Waals surface area contributed by atoms with Crippen LogP contribution in [0.25, 0.3) is 11.0 Å². The lowest BCUT2D eigenvalue weighted by Crippen LogP contribution is -2.25. The van der Waals surface area contributed by atoms with Gasteiger partial charge in [0.1, 0.15) is 5.82 Å². The van der Waals surface area contributed by atoms with Gasteiger partial charge >= 0.3 is 5.69 Å². The first-order chi connectivity index (χ1) is 14.8. The number of H-pyrrole nitrogens is 2. The molecule has 0 radical (unpaired) electrons. The summed E-state index contributed by atoms with van der Waals surface area (Å²) in [6.07, 6.45) is 0. The minimum absolute atomic E-state index is 0.0515. The minimum Gasteiger partial charge on any atom is -0.348 e. The maximum absolute atomic E-state index is 13.8. The highest BCUT2D eigenvalue weighted by Crippen LogP contribution is 2.22. The maximum atomic E-state index is 13.8. The third-order valence-corrected chi connectivity index (χ3v) is 5.97. The van der Waals surface area contributed by atoms with Gasteiger partial charge in [0.15, 0.2) is 0 Å². The second kappa shape index (κ2) is 8.07. The molecule has 4 N–H and O–H groups in total. The smallest absolute Gasteiger partial charge is 0.323 e. The number of carbonyl (C=O) groups is 1. The molecule has 1 amide bonds. The summed E-state index contributed by atoms with van der Waals surface area (Å²) in [5, 5.41) is 2.59. The number of fused-ring (bicyclic) bond motifs is 1. The van der Waals surface area contributed by atoms with Crippen molar-refractivity contribution < 1.29 is 17.6 Å². The Hall–Kier alpha value is -3.92. The van der Waals surface area contributed by atoms with Crippen molar-refractivity contribution in [2.24, 2.45) is 0 Å². The zero-order chi connectivity index (χ0) is 22.0. The summed E-state index contributed by atoms with van der Waals surface area (Å²) in [4.78, 5) is 29.0. The van der Waals surface area contributed by atoms with Crippen LogP contribution >= 0.6 is 0 Å². The number of benzene rings is 3. The van der Waals surface area contributed by atoms with Gasteiger partial charge in [-0.1, -0.05) is 30.3 Å². The lowest BCUT2D eigenvalue weighted by Gasteiger charge is -2.13. The first-order valence-corrected chi connectivity index (χ1v) is 10.7. The number of aromatic nitrogens is 2. The molecule has 10 heteroatoms. The first kappa shape index (κ1) is 20.4. The zero-order valence-electron chi connectivity index (χ0n) is 16.0. The van der Waals surface area contributed by atoms with E-state index in [4.69, 9.17) is 0 Å². The van der Waals surface area contributed by atoms with Crippen molar-refractivity contribution in [3.8, 4) is 0 Å². The van der Waals surface area contributed by atoms with Crippen LogP contribution in [-0.4, -0.2) is 24.3 Å². The second-order valence-electron chi connectivity index (χ2n) is 6.71. The summed E-state index contributed by atoms with van der Waals surface area (Å²) in [6.45, 7) is -0.0515. The Balaban J connectivity index is 1.57. The predicted octanol–water partition coefficient (Wildman–Crippen LogP) is 2.73. The fraction of sp³-hybridized carbons (Fsp3) is 0.0476. The van der Waals surface area contributed by atoms with Crippen molar-refractivity contribution >= 4 is 32.7 Å². The summed E-state index contributed by atoms with van der Waals surface area (Å²) < 4.78 is 41.9. The summed E-state index contributed by atoms with van der Waals surface area (Å²) in [5.74, 6) is -1.01. The minimum atomic E-state index is -4.05. The lowest BCUT2D eigenvalue weighted by atomic mass is 10.1. The van der Waals surface area contributed by atoms with Gasteiger partial charge in [-0.25, -0.2) is 17.6 Å². The number of rotatable bonds is 6. The number of halogens is 1. The van der Waals surface area contributed by atoms with Crippen LogP contribution in [-0.2, 0) is 16.6 Å². The van der Waals surface area contributed by atoms with Crippen molar-refractivity contribution in [2.75, 3.05) is 4.72 Å². The number of anilines is 1. The largest absolute Gasteiger partial charge is 0.348 e. The summed E-state index contributed by atoms with van der Waals surface area (Å²) >= 11 is 0. The van der Waals surface area contributed by atoms with E-state index in [0.29, 0.717) is 16.6 Å². The molecule has 0 saturated heterocycles. The van der Waals surface area contributed by atoms with Crippen molar-refractivity contribution in [1.29, 1.82) is 0 Å². The van der Waals surface area contributed by atoms with Gasteiger partial charge in [-0.15, -0.1) is 0 Å². The Bertz CT molecular complexity index is 1440. The van der Waals surface area contributed by atoms with Crippen LogP contribution < -0.4 is 15.7 Å². The van der Waals surface area contributed by atoms with Gasteiger partial charge < -0.3 is 15.3 Å². The van der Waals surface area contributed by atoms with Gasteiger partial charge in [-0.3, -0.25) is 9.52 Å². The van der Waals surface area contributed by atoms with Crippen molar-refractivity contribution in [2.45, 2.75) is 11.4 Å². The number of aromatic amines is 2. The van der Waals surface area contributed by atoms with Crippen molar-refractivity contribution in [1.82, 2.24) is 15.3 Å². The quantitative estimate of drug-likeness (QED) is 0.368. The van der Waals surface area contributed by atoms with Crippen LogP contribution in [0.1, 0.15) is 15.9 Å². The molecule has 0 atom stereocenters. The number of carbonyl (C=O) groups excluding carboxylic acids is 1. The Morgan fingerprint density at radius 1 is 0.935 bits per heavy atom. The van der Waals surface area contributed by atoms with E-state index in [0.717, 1.165) is 0 Å². The van der Waals surface area contributed by atoms with E-state index < -0.39 is 27.4 Å². The van der Waals surface area contributed by atoms with Gasteiger partial charge in [0, 0.05) is 12.1 Å². The highest BCUT2D eigenvalue weighted by molar-refractivity contribution is 7.92. The maximum Gasteiger partial charge on any atom is 0.323 e. The van der Waals surface area contributed by atoms with Crippen LogP contribution in [0.15, 0.2) is 76.4 Å². The van der Waals surface area contributed by atoms with E-state index in [9.17, 15) is 22.4 Å². The summed E-state index contributed by atoms with van der Waals surface area (Å²) in [7, 11) is -4.05. The average molecular weight is 440 g/mol. The summed E-state index contributed by atoms with van der Waals surface area (Å²) in [5.41, 5.74) is 0.812. The van der Waals surface area contributed by atoms with Crippen molar-refractivity contribution in [3.63, 3.8) is 0 Å². The SMILES string of the molecule is O=C(NCc1ccccc1F)c1ccccc1NS(=O)(=O)c1ccc2[nH]c(=O)[nH]c2c1. The highest BCUT2D eigenvalue weighted by atomic mass is 32.2. The Labute approximate surface area is 176 Å². The van der Waals surface area contributed by atoms with E-state index >= 15 is 0 Å². The average Bonchev–Trinajstić information content (AvgIpc) is 3.12. The second-order valence-corrected chi connectivity index (χ2v) is 8.39. The molecule has 0 fully saturated rings. The third kappa shape index (κ3) is 4.33. The lowest BCUT2D eigenvalue weighted by molar-refractivity contribution is 0.0951. The molecule has 3 aromatic carbocycles. The molecule has 0 bridgehead atoms. The fourth-order valence-electron chi connectivity index (χ4n) is 3.07. The Morgan fingerprint density at radius 3 is 2.45 bits per heavy atom. The number of amides is 1. The van der Waals surface area contributed by atoms with Gasteiger partial charge in [0.05, 0.1) is 27.2 Å². The monoisotopic (exact) mass is 440 g/mol. The van der Waals surface area contributed by atoms with E-state index in [1.165, 1.54) is 36.4 Å². The molecule has 0 saturated carbocycles. The van der Waals surface area contributed by atoms with Gasteiger partial charge in [0.2, 0.25) is 0 Å². The normalized spacial score (nSPS) is 11.4. The molecule has 0 aliphatic heterocycles. The molecule has 0 aliphatic carbocycles. The topological polar surface area (TPSA) is 124 Å². The zero-order valence-corrected chi connectivity index (χ0v) is 16.8. The molecule has 31 heavy (non-hydrogen) atoms. The van der Waals surface area contributed by atoms with E-state index in [1.807, 2.05) is 0 Å². The van der Waals surface area contributed by atoms with E-state index in [1.54, 1.807) is 30.3 Å². The molecule has 4 aromatic rings. The van der Waals surface area contributed by atoms with Crippen LogP contribution in [0.5, 0.6) is 0 Å². The first-order valence-electron chi connectivity index (χ1n) is 9.19. The molecule has 0 spiro atoms. The molecule has 0 aliphatic rings. The van der Waals surface area contributed by atoms with E-state index in [-0.39, 0.29) is 22.7 Å². The third-order valence-electron chi connectivity index (χ3n) is 4.61. The highest BCUT2D eigenvalue weighted by Gasteiger charge is 2.19. The number of para-hydroxylation sites is 1. The van der Waals surface area contributed by atoms with Gasteiger partial charge in [0.25, 0.3) is 15.9 Å². The van der Waals surface area contributed by atoms with Gasteiger partial charge in [-0.05, 0) is 36.4 Å². The van der Waals surface area contributed by atoms with E-state index in [2.05, 4.69) is 20.0 Å². The van der Waals surface area contributed by atoms with Crippen LogP contribution in [0.4, 0.5) is 10.1 Å². The molecule has 0 unspecified atom stereocenters. The van der Waals surface area contributed by atoms with Crippen molar-refractivity contribution in [3.05, 3.63) is 94.2 Å². The molecule has 8 nitrogen and oxygen atoms in total. The van der Waals surface area contributed by atoms with Gasteiger partial charge in [-0.2, -0.15) is 0 Å². The number of hydrogen-bond donors (Lipinski definition) is 4. The van der Waals surface area contributed by atoms with Crippen LogP contribution in [0.2, 0.25) is 0 Å². The standard InChI is InChI=1S/C21H17FN4O4S/c22-16-7-3-1-5-13(16)12-23-20(27)15-6-2-4-8-17(15)26-31(29,30)14-9-10-18-19(11-14)25-21(28)24-18/h1-11,26H,12H2,(H,23,27)(H2,24,25,28). The molecular weight excluding hydrogens is 423 g/mol. The summed E-state index contributed by atoms with van der Waals surface area (Å²) in [6, 6.07) is 16.2. The molecule has 1 aromatic heterocycles. The molecule has 158 valence electrons. The Morgan fingerprint density at radius 2 is 1.65 bits per heavy atom.